The molecule has 0 radical (unpaired) electrons. The number of hydrogen-bond donors (Lipinski definition) is 0. The fraction of sp³-hybridized carbons (Fsp3) is 0.375. The van der Waals surface area contributed by atoms with Crippen LogP contribution in [0.4, 0.5) is 5.82 Å². The molecule has 0 fully saturated rings. The van der Waals surface area contributed by atoms with Crippen LogP contribution in [-0.2, 0) is 6.54 Å². The standard InChI is InChI=1S/C16H20ClN3/c1-11(2)20(10-14-8-6-5-7-9-14)16-12(3)15(17)18-13(4)19-16/h5-9,11H,10H2,1-4H3. The van der Waals surface area contributed by atoms with E-state index < -0.39 is 0 Å². The predicted molar refractivity (Wildman–Crippen MR) is 84.3 cm³/mol. The van der Waals surface area contributed by atoms with E-state index in [2.05, 4.69) is 53.0 Å². The van der Waals surface area contributed by atoms with Crippen LogP contribution in [0.15, 0.2) is 30.3 Å². The highest BCUT2D eigenvalue weighted by Gasteiger charge is 2.17. The zero-order valence-corrected chi connectivity index (χ0v) is 13.1. The van der Waals surface area contributed by atoms with Gasteiger partial charge in [0.15, 0.2) is 0 Å². The summed E-state index contributed by atoms with van der Waals surface area (Å²) in [7, 11) is 0. The maximum Gasteiger partial charge on any atom is 0.137 e. The number of nitrogens with zero attached hydrogens (tertiary/aromatic N) is 3. The lowest BCUT2D eigenvalue weighted by molar-refractivity contribution is 0.666. The SMILES string of the molecule is Cc1nc(Cl)c(C)c(N(Cc2ccccc2)C(C)C)n1. The Morgan fingerprint density at radius 3 is 2.35 bits per heavy atom. The third-order valence-corrected chi connectivity index (χ3v) is 3.63. The average Bonchev–Trinajstić information content (AvgIpc) is 2.41. The van der Waals surface area contributed by atoms with Gasteiger partial charge in [0.1, 0.15) is 16.8 Å². The normalized spacial score (nSPS) is 10.9. The van der Waals surface area contributed by atoms with Crippen LogP contribution in [0.5, 0.6) is 0 Å². The Hall–Kier alpha value is -1.61. The molecular formula is C16H20ClN3. The Morgan fingerprint density at radius 2 is 1.75 bits per heavy atom. The first-order chi connectivity index (χ1) is 9.49. The van der Waals surface area contributed by atoms with Gasteiger partial charge in [-0.05, 0) is 33.3 Å². The van der Waals surface area contributed by atoms with Gasteiger partial charge in [-0.15, -0.1) is 0 Å². The molecule has 4 heteroatoms. The third-order valence-electron chi connectivity index (χ3n) is 3.26. The van der Waals surface area contributed by atoms with Crippen molar-refractivity contribution in [3.8, 4) is 0 Å². The topological polar surface area (TPSA) is 29.0 Å². The highest BCUT2D eigenvalue weighted by atomic mass is 35.5. The Labute approximate surface area is 125 Å². The van der Waals surface area contributed by atoms with Crippen LogP contribution in [0.3, 0.4) is 0 Å². The molecule has 0 saturated heterocycles. The maximum absolute atomic E-state index is 6.19. The molecule has 0 saturated carbocycles. The highest BCUT2D eigenvalue weighted by molar-refractivity contribution is 6.30. The number of halogens is 1. The van der Waals surface area contributed by atoms with Crippen LogP contribution in [-0.4, -0.2) is 16.0 Å². The van der Waals surface area contributed by atoms with Gasteiger partial charge in [0, 0.05) is 18.2 Å². The second kappa shape index (κ2) is 6.23. The predicted octanol–water partition coefficient (Wildman–Crippen LogP) is 4.16. The van der Waals surface area contributed by atoms with Crippen molar-refractivity contribution in [1.29, 1.82) is 0 Å². The van der Waals surface area contributed by atoms with E-state index in [1.54, 1.807) is 0 Å². The first-order valence-electron chi connectivity index (χ1n) is 6.80. The van der Waals surface area contributed by atoms with Crippen LogP contribution in [0, 0.1) is 13.8 Å². The van der Waals surface area contributed by atoms with E-state index in [0.717, 1.165) is 17.9 Å². The third kappa shape index (κ3) is 3.28. The smallest absolute Gasteiger partial charge is 0.137 e. The summed E-state index contributed by atoms with van der Waals surface area (Å²) in [6.45, 7) is 8.97. The van der Waals surface area contributed by atoms with Crippen molar-refractivity contribution in [3.63, 3.8) is 0 Å². The first kappa shape index (κ1) is 14.8. The molecule has 3 nitrogen and oxygen atoms in total. The summed E-state index contributed by atoms with van der Waals surface area (Å²) in [5, 5.41) is 0.534. The molecule has 0 N–H and O–H groups in total. The molecule has 0 atom stereocenters. The van der Waals surface area contributed by atoms with Gasteiger partial charge < -0.3 is 4.90 Å². The Balaban J connectivity index is 2.39. The van der Waals surface area contributed by atoms with Gasteiger partial charge in [0.05, 0.1) is 0 Å². The lowest BCUT2D eigenvalue weighted by Gasteiger charge is -2.29. The zero-order valence-electron chi connectivity index (χ0n) is 12.4. The van der Waals surface area contributed by atoms with E-state index in [-0.39, 0.29) is 0 Å². The Morgan fingerprint density at radius 1 is 1.10 bits per heavy atom. The minimum Gasteiger partial charge on any atom is -0.349 e. The van der Waals surface area contributed by atoms with E-state index in [9.17, 15) is 0 Å². The zero-order chi connectivity index (χ0) is 14.7. The molecule has 2 aromatic rings. The second-order valence-corrected chi connectivity index (χ2v) is 5.58. The molecule has 1 aromatic carbocycles. The summed E-state index contributed by atoms with van der Waals surface area (Å²) < 4.78 is 0. The monoisotopic (exact) mass is 289 g/mol. The van der Waals surface area contributed by atoms with Gasteiger partial charge in [0.2, 0.25) is 0 Å². The molecule has 1 aromatic heterocycles. The summed E-state index contributed by atoms with van der Waals surface area (Å²) in [6, 6.07) is 10.7. The number of aromatic nitrogens is 2. The number of aryl methyl sites for hydroxylation is 1. The lowest BCUT2D eigenvalue weighted by Crippen LogP contribution is -2.32. The van der Waals surface area contributed by atoms with Crippen molar-refractivity contribution in [2.45, 2.75) is 40.3 Å². The molecule has 0 aliphatic carbocycles. The van der Waals surface area contributed by atoms with Gasteiger partial charge in [0.25, 0.3) is 0 Å². The van der Waals surface area contributed by atoms with E-state index in [1.807, 2.05) is 19.9 Å². The van der Waals surface area contributed by atoms with Crippen molar-refractivity contribution in [3.05, 3.63) is 52.4 Å². The van der Waals surface area contributed by atoms with E-state index >= 15 is 0 Å². The quantitative estimate of drug-likeness (QED) is 0.791. The molecule has 1 heterocycles. The van der Waals surface area contributed by atoms with E-state index in [0.29, 0.717) is 17.0 Å². The number of benzene rings is 1. The number of anilines is 1. The molecule has 0 spiro atoms. The van der Waals surface area contributed by atoms with Gasteiger partial charge in [-0.2, -0.15) is 0 Å². The van der Waals surface area contributed by atoms with Crippen LogP contribution < -0.4 is 4.90 Å². The van der Waals surface area contributed by atoms with Gasteiger partial charge >= 0.3 is 0 Å². The maximum atomic E-state index is 6.19. The molecule has 0 bridgehead atoms. The van der Waals surface area contributed by atoms with Gasteiger partial charge in [-0.1, -0.05) is 41.9 Å². The molecule has 106 valence electrons. The molecular weight excluding hydrogens is 270 g/mol. The second-order valence-electron chi connectivity index (χ2n) is 5.22. The van der Waals surface area contributed by atoms with Crippen molar-refractivity contribution in [2.24, 2.45) is 0 Å². The first-order valence-corrected chi connectivity index (χ1v) is 7.18. The van der Waals surface area contributed by atoms with Crippen LogP contribution in [0.1, 0.15) is 30.8 Å². The summed E-state index contributed by atoms with van der Waals surface area (Å²) in [6.07, 6.45) is 0. The largest absolute Gasteiger partial charge is 0.349 e. The van der Waals surface area contributed by atoms with Crippen LogP contribution in [0.2, 0.25) is 5.15 Å². The lowest BCUT2D eigenvalue weighted by atomic mass is 10.1. The fourth-order valence-electron chi connectivity index (χ4n) is 2.14. The number of hydrogen-bond acceptors (Lipinski definition) is 3. The summed E-state index contributed by atoms with van der Waals surface area (Å²) in [5.74, 6) is 1.62. The number of rotatable bonds is 4. The van der Waals surface area contributed by atoms with Crippen LogP contribution >= 0.6 is 11.6 Å². The molecule has 0 amide bonds. The van der Waals surface area contributed by atoms with Gasteiger partial charge in [-0.3, -0.25) is 0 Å². The summed E-state index contributed by atoms with van der Waals surface area (Å²) in [4.78, 5) is 11.0. The molecule has 0 aliphatic rings. The minimum absolute atomic E-state index is 0.333. The summed E-state index contributed by atoms with van der Waals surface area (Å²) >= 11 is 6.19. The minimum atomic E-state index is 0.333. The van der Waals surface area contributed by atoms with Crippen molar-refractivity contribution in [1.82, 2.24) is 9.97 Å². The van der Waals surface area contributed by atoms with Crippen molar-refractivity contribution < 1.29 is 0 Å². The average molecular weight is 290 g/mol. The molecule has 20 heavy (non-hydrogen) atoms. The Kier molecular flexibility index (Phi) is 4.61. The van der Waals surface area contributed by atoms with E-state index in [4.69, 9.17) is 11.6 Å². The van der Waals surface area contributed by atoms with E-state index in [1.165, 1.54) is 5.56 Å². The van der Waals surface area contributed by atoms with Gasteiger partial charge in [-0.25, -0.2) is 9.97 Å². The molecule has 2 rings (SSSR count). The van der Waals surface area contributed by atoms with Crippen molar-refractivity contribution in [2.75, 3.05) is 4.90 Å². The molecule has 0 unspecified atom stereocenters. The summed E-state index contributed by atoms with van der Waals surface area (Å²) in [5.41, 5.74) is 2.19. The van der Waals surface area contributed by atoms with Crippen molar-refractivity contribution >= 4 is 17.4 Å². The van der Waals surface area contributed by atoms with Crippen LogP contribution in [0.25, 0.3) is 0 Å². The molecule has 0 aliphatic heterocycles. The highest BCUT2D eigenvalue weighted by Crippen LogP contribution is 2.26. The fourth-order valence-corrected chi connectivity index (χ4v) is 2.35. The Bertz CT molecular complexity index is 582.